The molecule has 1 aliphatic carbocycles. The minimum absolute atomic E-state index is 0.0154. The smallest absolute Gasteiger partial charge is 0.228 e. The average Bonchev–Trinajstić information content (AvgIpc) is 3.66. The van der Waals surface area contributed by atoms with Crippen molar-refractivity contribution in [3.63, 3.8) is 0 Å². The molecule has 4 rings (SSSR count). The van der Waals surface area contributed by atoms with Crippen LogP contribution < -0.4 is 16.4 Å². The molecule has 0 radical (unpaired) electrons. The predicted molar refractivity (Wildman–Crippen MR) is 140 cm³/mol. The lowest BCUT2D eigenvalue weighted by Gasteiger charge is -2.19. The van der Waals surface area contributed by atoms with Crippen molar-refractivity contribution < 1.29 is 14.0 Å². The van der Waals surface area contributed by atoms with Crippen LogP contribution >= 0.6 is 0 Å². The molecule has 0 aliphatic heterocycles. The monoisotopic (exact) mass is 492 g/mol. The number of nitrogens with two attached hydrogens (primary N) is 1. The predicted octanol–water partition coefficient (Wildman–Crippen LogP) is 4.95. The van der Waals surface area contributed by atoms with Crippen molar-refractivity contribution in [1.29, 1.82) is 0 Å². The highest BCUT2D eigenvalue weighted by molar-refractivity contribution is 5.93. The fourth-order valence-corrected chi connectivity index (χ4v) is 3.56. The average molecular weight is 493 g/mol. The quantitative estimate of drug-likeness (QED) is 0.401. The molecule has 4 N–H and O–H groups in total. The Balaban J connectivity index is 0.00000115. The molecule has 8 nitrogen and oxygen atoms in total. The molecule has 1 fully saturated rings. The van der Waals surface area contributed by atoms with E-state index in [1.165, 1.54) is 6.07 Å². The number of aryl methyl sites for hydroxylation is 1. The molecule has 9 heteroatoms. The summed E-state index contributed by atoms with van der Waals surface area (Å²) < 4.78 is 14.6. The van der Waals surface area contributed by atoms with Crippen LogP contribution in [-0.2, 0) is 9.59 Å². The van der Waals surface area contributed by atoms with Gasteiger partial charge < -0.3 is 16.4 Å². The largest absolute Gasteiger partial charge is 0.383 e. The number of amides is 2. The second-order valence-electron chi connectivity index (χ2n) is 10.0. The van der Waals surface area contributed by atoms with Gasteiger partial charge in [-0.2, -0.15) is 10.2 Å². The van der Waals surface area contributed by atoms with Crippen LogP contribution in [0.4, 0.5) is 15.9 Å². The van der Waals surface area contributed by atoms with Crippen molar-refractivity contribution in [3.8, 4) is 22.4 Å². The second-order valence-corrected chi connectivity index (χ2v) is 10.0. The summed E-state index contributed by atoms with van der Waals surface area (Å²) in [6, 6.07) is 8.95. The zero-order chi connectivity index (χ0) is 26.3. The maximum absolute atomic E-state index is 14.6. The number of hydrogen-bond acceptors (Lipinski definition) is 6. The molecule has 0 spiro atoms. The molecule has 2 aromatic heterocycles. The number of aromatic nitrogens is 3. The van der Waals surface area contributed by atoms with Crippen molar-refractivity contribution >= 4 is 23.8 Å². The molecule has 1 saturated carbocycles. The van der Waals surface area contributed by atoms with Crippen LogP contribution in [0.1, 0.15) is 45.6 Å². The van der Waals surface area contributed by atoms with E-state index in [4.69, 9.17) is 4.79 Å². The van der Waals surface area contributed by atoms with Gasteiger partial charge in [-0.15, -0.1) is 0 Å². The summed E-state index contributed by atoms with van der Waals surface area (Å²) in [4.78, 5) is 24.9. The number of pyridine rings is 1. The highest BCUT2D eigenvalue weighted by Gasteiger charge is 2.29. The minimum atomic E-state index is -0.278. The van der Waals surface area contributed by atoms with Gasteiger partial charge in [0.05, 0.1) is 17.6 Å². The summed E-state index contributed by atoms with van der Waals surface area (Å²) in [5.41, 5.74) is 8.77. The molecule has 1 aliphatic rings. The van der Waals surface area contributed by atoms with Gasteiger partial charge in [-0.3, -0.25) is 9.59 Å². The summed E-state index contributed by atoms with van der Waals surface area (Å²) in [6.07, 6.45) is 6.39. The third-order valence-electron chi connectivity index (χ3n) is 5.73. The van der Waals surface area contributed by atoms with E-state index in [0.29, 0.717) is 23.7 Å². The molecule has 190 valence electrons. The summed E-state index contributed by atoms with van der Waals surface area (Å²) in [5, 5.41) is 14.6. The molecular formula is C27H33FN6O2. The first-order valence-corrected chi connectivity index (χ1v) is 11.9. The summed E-state index contributed by atoms with van der Waals surface area (Å²) in [5.74, 6) is 0.365. The third-order valence-corrected chi connectivity index (χ3v) is 5.73. The first-order chi connectivity index (χ1) is 17.1. The second kappa shape index (κ2) is 11.7. The van der Waals surface area contributed by atoms with Crippen molar-refractivity contribution in [3.05, 3.63) is 54.1 Å². The van der Waals surface area contributed by atoms with E-state index in [2.05, 4.69) is 52.3 Å². The van der Waals surface area contributed by atoms with Gasteiger partial charge in [0.2, 0.25) is 12.3 Å². The fourth-order valence-electron chi connectivity index (χ4n) is 3.56. The van der Waals surface area contributed by atoms with Crippen LogP contribution in [0.3, 0.4) is 0 Å². The lowest BCUT2D eigenvalue weighted by molar-refractivity contribution is -0.117. The molecule has 0 saturated heterocycles. The number of anilines is 2. The van der Waals surface area contributed by atoms with Gasteiger partial charge in [-0.1, -0.05) is 20.8 Å². The highest BCUT2D eigenvalue weighted by atomic mass is 19.1. The SMILES string of the molecule is Cc1cc(F)c(NCCC(C)(C)C)cc1-c1cc(-c2ccnc(NC(=O)C3CC3)c2)cnn1.NC=O. The molecule has 3 aromatic rings. The van der Waals surface area contributed by atoms with Gasteiger partial charge in [0, 0.05) is 29.8 Å². The lowest BCUT2D eigenvalue weighted by Crippen LogP contribution is -2.14. The zero-order valence-electron chi connectivity index (χ0n) is 21.1. The Labute approximate surface area is 210 Å². The molecule has 0 atom stereocenters. The molecule has 0 bridgehead atoms. The van der Waals surface area contributed by atoms with Gasteiger partial charge >= 0.3 is 0 Å². The van der Waals surface area contributed by atoms with Crippen LogP contribution in [0.5, 0.6) is 0 Å². The van der Waals surface area contributed by atoms with Crippen LogP contribution in [0, 0.1) is 24.1 Å². The van der Waals surface area contributed by atoms with E-state index in [0.717, 1.165) is 41.5 Å². The number of primary amides is 1. The number of nitrogens with zero attached hydrogens (tertiary/aromatic N) is 3. The van der Waals surface area contributed by atoms with E-state index in [1.807, 2.05) is 25.1 Å². The van der Waals surface area contributed by atoms with E-state index in [-0.39, 0.29) is 29.5 Å². The van der Waals surface area contributed by atoms with Crippen molar-refractivity contribution in [1.82, 2.24) is 15.2 Å². The van der Waals surface area contributed by atoms with Gasteiger partial charge in [-0.25, -0.2) is 9.37 Å². The summed E-state index contributed by atoms with van der Waals surface area (Å²) in [6.45, 7) is 9.03. The Kier molecular flexibility index (Phi) is 8.68. The lowest BCUT2D eigenvalue weighted by atomic mass is 9.92. The van der Waals surface area contributed by atoms with Crippen LogP contribution in [0.25, 0.3) is 22.4 Å². The van der Waals surface area contributed by atoms with Crippen LogP contribution in [-0.4, -0.2) is 34.0 Å². The number of carbonyl (C=O) groups excluding carboxylic acids is 2. The Morgan fingerprint density at radius 1 is 1.19 bits per heavy atom. The van der Waals surface area contributed by atoms with E-state index < -0.39 is 0 Å². The Hall–Kier alpha value is -3.88. The highest BCUT2D eigenvalue weighted by Crippen LogP contribution is 2.32. The van der Waals surface area contributed by atoms with Gasteiger partial charge in [0.25, 0.3) is 0 Å². The standard InChI is InChI=1S/C26H30FN5O.CH3NO/c1-16-11-21(27)23(28-10-8-26(2,3)4)14-20(16)22-12-19(15-30-32-22)18-7-9-29-24(13-18)31-25(33)17-5-6-17;2-1-3/h7,9,11-15,17,28H,5-6,8,10H2,1-4H3,(H,29,31,33);1H,(H2,2,3). The Morgan fingerprint density at radius 3 is 2.58 bits per heavy atom. The van der Waals surface area contributed by atoms with Gasteiger partial charge in [-0.05, 0) is 73.1 Å². The van der Waals surface area contributed by atoms with Crippen molar-refractivity contribution in [2.45, 2.75) is 47.0 Å². The normalized spacial score (nSPS) is 12.8. The number of rotatable bonds is 7. The van der Waals surface area contributed by atoms with Crippen LogP contribution in [0.15, 0.2) is 42.7 Å². The fraction of sp³-hybridized carbons (Fsp3) is 0.370. The maximum Gasteiger partial charge on any atom is 0.228 e. The number of hydrogen-bond donors (Lipinski definition) is 3. The Morgan fingerprint density at radius 2 is 1.92 bits per heavy atom. The molecule has 2 heterocycles. The van der Waals surface area contributed by atoms with Gasteiger partial charge in [0.15, 0.2) is 0 Å². The van der Waals surface area contributed by atoms with E-state index in [9.17, 15) is 9.18 Å². The number of benzene rings is 1. The van der Waals surface area contributed by atoms with Crippen molar-refractivity contribution in [2.24, 2.45) is 17.1 Å². The maximum atomic E-state index is 14.6. The summed E-state index contributed by atoms with van der Waals surface area (Å²) >= 11 is 0. The molecular weight excluding hydrogens is 459 g/mol. The number of nitrogens with one attached hydrogen (secondary N) is 2. The zero-order valence-corrected chi connectivity index (χ0v) is 21.1. The first-order valence-electron chi connectivity index (χ1n) is 11.9. The third kappa shape index (κ3) is 7.56. The molecule has 2 amide bonds. The first kappa shape index (κ1) is 26.7. The van der Waals surface area contributed by atoms with E-state index in [1.54, 1.807) is 18.5 Å². The minimum Gasteiger partial charge on any atom is -0.383 e. The molecule has 1 aromatic carbocycles. The van der Waals surface area contributed by atoms with Gasteiger partial charge in [0.1, 0.15) is 11.6 Å². The topological polar surface area (TPSA) is 123 Å². The van der Waals surface area contributed by atoms with Crippen LogP contribution in [0.2, 0.25) is 0 Å². The summed E-state index contributed by atoms with van der Waals surface area (Å²) in [7, 11) is 0. The number of halogens is 1. The molecule has 36 heavy (non-hydrogen) atoms. The van der Waals surface area contributed by atoms with Crippen molar-refractivity contribution in [2.75, 3.05) is 17.2 Å². The Bertz CT molecular complexity index is 1220. The molecule has 0 unspecified atom stereocenters. The number of carbonyl (C=O) groups is 2. The van der Waals surface area contributed by atoms with E-state index >= 15 is 0 Å².